The van der Waals surface area contributed by atoms with Crippen molar-refractivity contribution in [1.82, 2.24) is 15.5 Å². The number of aromatic nitrogens is 2. The Morgan fingerprint density at radius 2 is 2.33 bits per heavy atom. The Bertz CT molecular complexity index is 602. The zero-order valence-electron chi connectivity index (χ0n) is 11.6. The second-order valence-corrected chi connectivity index (χ2v) is 6.06. The molecule has 21 heavy (non-hydrogen) atoms. The molecule has 0 saturated carbocycles. The summed E-state index contributed by atoms with van der Waals surface area (Å²) < 4.78 is 18.8. The van der Waals surface area contributed by atoms with Crippen LogP contribution in [0.1, 0.15) is 11.5 Å². The summed E-state index contributed by atoms with van der Waals surface area (Å²) in [7, 11) is 0. The number of benzene rings is 1. The zero-order chi connectivity index (χ0) is 13.9. The summed E-state index contributed by atoms with van der Waals surface area (Å²) in [6.45, 7) is 2.74. The van der Waals surface area contributed by atoms with Crippen LogP contribution in [0.25, 0.3) is 11.4 Å². The molecule has 0 spiro atoms. The normalized spacial score (nSPS) is 18.3. The topological polar surface area (TPSA) is 51.0 Å². The van der Waals surface area contributed by atoms with E-state index in [2.05, 4.69) is 15.5 Å². The van der Waals surface area contributed by atoms with Crippen molar-refractivity contribution in [1.29, 1.82) is 0 Å². The van der Waals surface area contributed by atoms with Crippen LogP contribution in [0.15, 0.2) is 22.7 Å². The van der Waals surface area contributed by atoms with Crippen molar-refractivity contribution < 1.29 is 8.91 Å². The maximum Gasteiger partial charge on any atom is 0.228 e. The first-order valence-corrected chi connectivity index (χ1v) is 7.78. The SMILES string of the molecule is Cc1ccc(-c2noc(CC3CSCCN3)n2)cc1F.Cl. The summed E-state index contributed by atoms with van der Waals surface area (Å²) in [5.41, 5.74) is 1.26. The molecule has 1 fully saturated rings. The molecule has 1 atom stereocenters. The van der Waals surface area contributed by atoms with E-state index in [-0.39, 0.29) is 18.2 Å². The third-order valence-corrected chi connectivity index (χ3v) is 4.45. The van der Waals surface area contributed by atoms with Crippen molar-refractivity contribution in [3.05, 3.63) is 35.5 Å². The molecular weight excluding hydrogens is 313 g/mol. The quantitative estimate of drug-likeness (QED) is 0.938. The highest BCUT2D eigenvalue weighted by Crippen LogP contribution is 2.20. The van der Waals surface area contributed by atoms with Crippen molar-refractivity contribution in [2.45, 2.75) is 19.4 Å². The lowest BCUT2D eigenvalue weighted by Gasteiger charge is -2.21. The van der Waals surface area contributed by atoms with Gasteiger partial charge in [0.2, 0.25) is 11.7 Å². The number of rotatable bonds is 3. The molecule has 3 rings (SSSR count). The van der Waals surface area contributed by atoms with Gasteiger partial charge in [0.25, 0.3) is 0 Å². The van der Waals surface area contributed by atoms with Crippen LogP contribution in [0, 0.1) is 12.7 Å². The molecule has 114 valence electrons. The first-order chi connectivity index (χ1) is 9.72. The average Bonchev–Trinajstić information content (AvgIpc) is 2.91. The highest BCUT2D eigenvalue weighted by Gasteiger charge is 2.17. The molecule has 0 radical (unpaired) electrons. The molecule has 0 aliphatic carbocycles. The molecule has 2 heterocycles. The molecule has 1 aromatic heterocycles. The smallest absolute Gasteiger partial charge is 0.228 e. The molecule has 1 saturated heterocycles. The number of hydrogen-bond donors (Lipinski definition) is 1. The van der Waals surface area contributed by atoms with Crippen molar-refractivity contribution in [3.63, 3.8) is 0 Å². The molecule has 0 amide bonds. The third-order valence-electron chi connectivity index (χ3n) is 3.32. The van der Waals surface area contributed by atoms with Gasteiger partial charge in [0, 0.05) is 36.1 Å². The Kier molecular flexibility index (Phi) is 5.61. The predicted molar refractivity (Wildman–Crippen MR) is 84.5 cm³/mol. The van der Waals surface area contributed by atoms with Crippen molar-refractivity contribution in [2.24, 2.45) is 0 Å². The van der Waals surface area contributed by atoms with Gasteiger partial charge in [-0.2, -0.15) is 16.7 Å². The molecule has 1 N–H and O–H groups in total. The van der Waals surface area contributed by atoms with E-state index in [0.717, 1.165) is 18.1 Å². The molecule has 1 aromatic carbocycles. The fraction of sp³-hybridized carbons (Fsp3) is 0.429. The van der Waals surface area contributed by atoms with Gasteiger partial charge in [-0.05, 0) is 18.6 Å². The number of nitrogens with one attached hydrogen (secondary N) is 1. The summed E-state index contributed by atoms with van der Waals surface area (Å²) in [4.78, 5) is 4.35. The van der Waals surface area contributed by atoms with Crippen LogP contribution < -0.4 is 5.32 Å². The monoisotopic (exact) mass is 329 g/mol. The van der Waals surface area contributed by atoms with E-state index in [9.17, 15) is 4.39 Å². The van der Waals surface area contributed by atoms with Crippen LogP contribution in [0.5, 0.6) is 0 Å². The minimum atomic E-state index is -0.251. The van der Waals surface area contributed by atoms with Crippen molar-refractivity contribution >= 4 is 24.2 Å². The van der Waals surface area contributed by atoms with E-state index in [0.29, 0.717) is 35.3 Å². The highest BCUT2D eigenvalue weighted by molar-refractivity contribution is 7.99. The molecule has 7 heteroatoms. The first kappa shape index (κ1) is 16.3. The summed E-state index contributed by atoms with van der Waals surface area (Å²) in [6.07, 6.45) is 0.717. The van der Waals surface area contributed by atoms with Crippen molar-refractivity contribution in [2.75, 3.05) is 18.1 Å². The van der Waals surface area contributed by atoms with E-state index < -0.39 is 0 Å². The van der Waals surface area contributed by atoms with Crippen LogP contribution in [0.2, 0.25) is 0 Å². The maximum absolute atomic E-state index is 13.5. The molecule has 1 aliphatic rings. The number of aryl methyl sites for hydroxylation is 1. The van der Waals surface area contributed by atoms with Crippen LogP contribution in [0.3, 0.4) is 0 Å². The Hall–Kier alpha value is -1.11. The Labute approximate surface area is 133 Å². The second-order valence-electron chi connectivity index (χ2n) is 4.91. The summed E-state index contributed by atoms with van der Waals surface area (Å²) in [6, 6.07) is 5.34. The average molecular weight is 330 g/mol. The van der Waals surface area contributed by atoms with Crippen LogP contribution >= 0.6 is 24.2 Å². The Morgan fingerprint density at radius 3 is 3.05 bits per heavy atom. The van der Waals surface area contributed by atoms with Gasteiger partial charge >= 0.3 is 0 Å². The van der Waals surface area contributed by atoms with Gasteiger partial charge in [-0.25, -0.2) is 4.39 Å². The largest absolute Gasteiger partial charge is 0.339 e. The van der Waals surface area contributed by atoms with E-state index >= 15 is 0 Å². The molecule has 0 bridgehead atoms. The molecular formula is C14H17ClFN3OS. The number of halogens is 2. The molecule has 1 aliphatic heterocycles. The van der Waals surface area contributed by atoms with E-state index in [1.807, 2.05) is 17.8 Å². The zero-order valence-corrected chi connectivity index (χ0v) is 13.3. The van der Waals surface area contributed by atoms with Gasteiger partial charge in [0.15, 0.2) is 0 Å². The number of thioether (sulfide) groups is 1. The van der Waals surface area contributed by atoms with Gasteiger partial charge in [0.1, 0.15) is 5.82 Å². The predicted octanol–water partition coefficient (Wildman–Crippen LogP) is 2.85. The van der Waals surface area contributed by atoms with E-state index in [1.165, 1.54) is 6.07 Å². The van der Waals surface area contributed by atoms with Gasteiger partial charge in [-0.15, -0.1) is 12.4 Å². The van der Waals surface area contributed by atoms with Gasteiger partial charge < -0.3 is 9.84 Å². The molecule has 1 unspecified atom stereocenters. The minimum absolute atomic E-state index is 0. The lowest BCUT2D eigenvalue weighted by Crippen LogP contribution is -2.38. The van der Waals surface area contributed by atoms with E-state index in [4.69, 9.17) is 4.52 Å². The lowest BCUT2D eigenvalue weighted by molar-refractivity contribution is 0.363. The Morgan fingerprint density at radius 1 is 1.48 bits per heavy atom. The first-order valence-electron chi connectivity index (χ1n) is 6.62. The van der Waals surface area contributed by atoms with Gasteiger partial charge in [0.05, 0.1) is 0 Å². The number of hydrogen-bond acceptors (Lipinski definition) is 5. The summed E-state index contributed by atoms with van der Waals surface area (Å²) >= 11 is 1.93. The van der Waals surface area contributed by atoms with Gasteiger partial charge in [-0.1, -0.05) is 17.3 Å². The van der Waals surface area contributed by atoms with Gasteiger partial charge in [-0.3, -0.25) is 0 Å². The third kappa shape index (κ3) is 3.96. The minimum Gasteiger partial charge on any atom is -0.339 e. The van der Waals surface area contributed by atoms with Crippen molar-refractivity contribution in [3.8, 4) is 11.4 Å². The standard InChI is InChI=1S/C14H16FN3OS.ClH/c1-9-2-3-10(6-12(9)15)14-17-13(19-18-14)7-11-8-20-5-4-16-11;/h2-3,6,11,16H,4-5,7-8H2,1H3;1H. The fourth-order valence-electron chi connectivity index (χ4n) is 2.15. The number of nitrogens with zero attached hydrogens (tertiary/aromatic N) is 2. The maximum atomic E-state index is 13.5. The molecule has 4 nitrogen and oxygen atoms in total. The lowest BCUT2D eigenvalue weighted by atomic mass is 10.1. The Balaban J connectivity index is 0.00000161. The molecule has 2 aromatic rings. The summed E-state index contributed by atoms with van der Waals surface area (Å²) in [5.74, 6) is 2.99. The second kappa shape index (κ2) is 7.24. The van der Waals surface area contributed by atoms with Crippen LogP contribution in [-0.4, -0.2) is 34.2 Å². The van der Waals surface area contributed by atoms with Crippen LogP contribution in [0.4, 0.5) is 4.39 Å². The highest BCUT2D eigenvalue weighted by atomic mass is 35.5. The van der Waals surface area contributed by atoms with E-state index in [1.54, 1.807) is 13.0 Å². The fourth-order valence-corrected chi connectivity index (χ4v) is 3.10. The van der Waals surface area contributed by atoms with Crippen LogP contribution in [-0.2, 0) is 6.42 Å². The summed E-state index contributed by atoms with van der Waals surface area (Å²) in [5, 5.41) is 7.36.